The number of benzene rings is 2. The van der Waals surface area contributed by atoms with E-state index < -0.39 is 10.0 Å². The molecule has 0 spiro atoms. The van der Waals surface area contributed by atoms with E-state index in [2.05, 4.69) is 0 Å². The van der Waals surface area contributed by atoms with Crippen molar-refractivity contribution in [1.29, 1.82) is 0 Å². The molecule has 0 aliphatic carbocycles. The third-order valence-corrected chi connectivity index (χ3v) is 5.45. The van der Waals surface area contributed by atoms with Gasteiger partial charge in [-0.15, -0.1) is 0 Å². The van der Waals surface area contributed by atoms with Gasteiger partial charge in [-0.25, -0.2) is 12.4 Å². The van der Waals surface area contributed by atoms with E-state index in [-0.39, 0.29) is 11.5 Å². The first-order valence-electron chi connectivity index (χ1n) is 7.06. The SMILES string of the molecule is Cc1ccc(S(=O)(=O)n2c(CCO)cc3ccccc32)cc1. The molecule has 4 nitrogen and oxygen atoms in total. The fourth-order valence-electron chi connectivity index (χ4n) is 2.58. The third-order valence-electron chi connectivity index (χ3n) is 3.67. The average Bonchev–Trinajstić information content (AvgIpc) is 2.86. The van der Waals surface area contributed by atoms with Crippen molar-refractivity contribution in [3.63, 3.8) is 0 Å². The molecule has 0 unspecified atom stereocenters. The molecule has 3 aromatic rings. The smallest absolute Gasteiger partial charge is 0.268 e. The van der Waals surface area contributed by atoms with Crippen molar-refractivity contribution in [3.05, 3.63) is 65.9 Å². The predicted octanol–water partition coefficient (Wildman–Crippen LogP) is 2.72. The number of hydrogen-bond donors (Lipinski definition) is 1. The molecule has 1 aromatic heterocycles. The van der Waals surface area contributed by atoms with Crippen LogP contribution in [0.15, 0.2) is 59.5 Å². The van der Waals surface area contributed by atoms with Crippen molar-refractivity contribution in [2.75, 3.05) is 6.61 Å². The first-order chi connectivity index (χ1) is 10.5. The van der Waals surface area contributed by atoms with Gasteiger partial charge in [0.1, 0.15) is 0 Å². The largest absolute Gasteiger partial charge is 0.396 e. The molecule has 114 valence electrons. The van der Waals surface area contributed by atoms with Crippen LogP contribution < -0.4 is 0 Å². The number of rotatable bonds is 4. The van der Waals surface area contributed by atoms with E-state index in [0.29, 0.717) is 17.6 Å². The zero-order chi connectivity index (χ0) is 15.7. The zero-order valence-corrected chi connectivity index (χ0v) is 13.0. The van der Waals surface area contributed by atoms with Crippen LogP contribution in [-0.4, -0.2) is 24.1 Å². The van der Waals surface area contributed by atoms with E-state index in [1.54, 1.807) is 30.3 Å². The van der Waals surface area contributed by atoms with Crippen LogP contribution in [0.1, 0.15) is 11.3 Å². The zero-order valence-electron chi connectivity index (χ0n) is 12.2. The summed E-state index contributed by atoms with van der Waals surface area (Å²) in [7, 11) is -3.69. The molecule has 1 N–H and O–H groups in total. The van der Waals surface area contributed by atoms with Gasteiger partial charge in [0.25, 0.3) is 10.0 Å². The fraction of sp³-hybridized carbons (Fsp3) is 0.176. The van der Waals surface area contributed by atoms with Gasteiger partial charge in [0.15, 0.2) is 0 Å². The second-order valence-electron chi connectivity index (χ2n) is 5.25. The Hall–Kier alpha value is -2.11. The van der Waals surface area contributed by atoms with E-state index in [9.17, 15) is 13.5 Å². The number of hydrogen-bond acceptors (Lipinski definition) is 3. The summed E-state index contributed by atoms with van der Waals surface area (Å²) in [6.45, 7) is 1.82. The van der Waals surface area contributed by atoms with Gasteiger partial charge in [0.2, 0.25) is 0 Å². The van der Waals surface area contributed by atoms with Crippen LogP contribution in [0.25, 0.3) is 10.9 Å². The minimum Gasteiger partial charge on any atom is -0.396 e. The molecule has 22 heavy (non-hydrogen) atoms. The highest BCUT2D eigenvalue weighted by molar-refractivity contribution is 7.90. The Morgan fingerprint density at radius 1 is 1.05 bits per heavy atom. The summed E-state index contributed by atoms with van der Waals surface area (Å²) in [5, 5.41) is 10.1. The van der Waals surface area contributed by atoms with Crippen molar-refractivity contribution in [2.24, 2.45) is 0 Å². The van der Waals surface area contributed by atoms with Crippen molar-refractivity contribution in [1.82, 2.24) is 3.97 Å². The summed E-state index contributed by atoms with van der Waals surface area (Å²) in [6, 6.07) is 15.9. The van der Waals surface area contributed by atoms with E-state index >= 15 is 0 Å². The maximum Gasteiger partial charge on any atom is 0.268 e. The lowest BCUT2D eigenvalue weighted by Gasteiger charge is -2.11. The van der Waals surface area contributed by atoms with Crippen LogP contribution in [0, 0.1) is 6.92 Å². The summed E-state index contributed by atoms with van der Waals surface area (Å²) in [5.41, 5.74) is 2.22. The molecule has 0 radical (unpaired) electrons. The van der Waals surface area contributed by atoms with Crippen LogP contribution in [0.3, 0.4) is 0 Å². The highest BCUT2D eigenvalue weighted by Gasteiger charge is 2.22. The van der Waals surface area contributed by atoms with Crippen molar-refractivity contribution < 1.29 is 13.5 Å². The van der Waals surface area contributed by atoms with Crippen molar-refractivity contribution >= 4 is 20.9 Å². The Morgan fingerprint density at radius 3 is 2.41 bits per heavy atom. The molecule has 0 fully saturated rings. The van der Waals surface area contributed by atoms with E-state index in [4.69, 9.17) is 0 Å². The van der Waals surface area contributed by atoms with Crippen molar-refractivity contribution in [3.8, 4) is 0 Å². The third kappa shape index (κ3) is 2.42. The summed E-state index contributed by atoms with van der Waals surface area (Å²) in [6.07, 6.45) is 0.291. The molecule has 2 aromatic carbocycles. The summed E-state index contributed by atoms with van der Waals surface area (Å²) < 4.78 is 27.3. The Kier molecular flexibility index (Phi) is 3.76. The molecule has 5 heteroatoms. The van der Waals surface area contributed by atoms with E-state index in [0.717, 1.165) is 10.9 Å². The van der Waals surface area contributed by atoms with Crippen LogP contribution in [-0.2, 0) is 16.4 Å². The second kappa shape index (κ2) is 5.59. The maximum atomic E-state index is 13.0. The lowest BCUT2D eigenvalue weighted by Crippen LogP contribution is -2.16. The first-order valence-corrected chi connectivity index (χ1v) is 8.50. The molecule has 0 bridgehead atoms. The normalized spacial score (nSPS) is 11.9. The Bertz CT molecular complexity index is 909. The molecular formula is C17H17NO3S. The van der Waals surface area contributed by atoms with Gasteiger partial charge in [0.05, 0.1) is 10.4 Å². The molecule has 0 saturated carbocycles. The predicted molar refractivity (Wildman–Crippen MR) is 86.5 cm³/mol. The lowest BCUT2D eigenvalue weighted by atomic mass is 10.2. The van der Waals surface area contributed by atoms with Gasteiger partial charge in [-0.05, 0) is 31.2 Å². The van der Waals surface area contributed by atoms with Crippen LogP contribution in [0.2, 0.25) is 0 Å². The summed E-state index contributed by atoms with van der Waals surface area (Å²) in [4.78, 5) is 0.249. The molecule has 3 rings (SSSR count). The topological polar surface area (TPSA) is 59.3 Å². The minimum atomic E-state index is -3.69. The number of nitrogens with zero attached hydrogens (tertiary/aromatic N) is 1. The Labute approximate surface area is 129 Å². The van der Waals surface area contributed by atoms with Gasteiger partial charge >= 0.3 is 0 Å². The number of aromatic nitrogens is 1. The highest BCUT2D eigenvalue weighted by Crippen LogP contribution is 2.26. The molecule has 0 saturated heterocycles. The Balaban J connectivity index is 2.27. The molecule has 0 aliphatic rings. The number of para-hydroxylation sites is 1. The monoisotopic (exact) mass is 315 g/mol. The molecule has 1 heterocycles. The van der Waals surface area contributed by atoms with Gasteiger partial charge < -0.3 is 5.11 Å². The van der Waals surface area contributed by atoms with E-state index in [1.165, 1.54) is 3.97 Å². The van der Waals surface area contributed by atoms with Gasteiger partial charge in [0, 0.05) is 24.1 Å². The number of fused-ring (bicyclic) bond motifs is 1. The number of aliphatic hydroxyl groups is 1. The molecular weight excluding hydrogens is 298 g/mol. The Morgan fingerprint density at radius 2 is 1.73 bits per heavy atom. The second-order valence-corrected chi connectivity index (χ2v) is 7.04. The van der Waals surface area contributed by atoms with Crippen LogP contribution in [0.4, 0.5) is 0 Å². The van der Waals surface area contributed by atoms with Gasteiger partial charge in [-0.3, -0.25) is 0 Å². The highest BCUT2D eigenvalue weighted by atomic mass is 32.2. The van der Waals surface area contributed by atoms with Gasteiger partial charge in [-0.2, -0.15) is 0 Å². The summed E-state index contributed by atoms with van der Waals surface area (Å²) >= 11 is 0. The standard InChI is InChI=1S/C17H17NO3S/c1-13-6-8-16(9-7-13)22(20,21)18-15(10-11-19)12-14-4-2-3-5-17(14)18/h2-9,12,19H,10-11H2,1H3. The minimum absolute atomic E-state index is 0.0975. The molecule has 0 atom stereocenters. The van der Waals surface area contributed by atoms with Crippen LogP contribution >= 0.6 is 0 Å². The lowest BCUT2D eigenvalue weighted by molar-refractivity contribution is 0.298. The van der Waals surface area contributed by atoms with E-state index in [1.807, 2.05) is 31.2 Å². The molecule has 0 aliphatic heterocycles. The number of aryl methyl sites for hydroxylation is 1. The van der Waals surface area contributed by atoms with Crippen LogP contribution in [0.5, 0.6) is 0 Å². The molecule has 0 amide bonds. The van der Waals surface area contributed by atoms with Gasteiger partial charge in [-0.1, -0.05) is 35.9 Å². The maximum absolute atomic E-state index is 13.0. The first kappa shape index (κ1) is 14.8. The number of aliphatic hydroxyl groups excluding tert-OH is 1. The van der Waals surface area contributed by atoms with Crippen molar-refractivity contribution in [2.45, 2.75) is 18.2 Å². The average molecular weight is 315 g/mol. The fourth-order valence-corrected chi connectivity index (χ4v) is 4.14. The summed E-state index contributed by atoms with van der Waals surface area (Å²) in [5.74, 6) is 0. The quantitative estimate of drug-likeness (QED) is 0.805.